The molecule has 0 aromatic heterocycles. The Morgan fingerprint density at radius 3 is 2.42 bits per heavy atom. The van der Waals surface area contributed by atoms with Crippen LogP contribution in [-0.4, -0.2) is 4.21 Å². The number of hydrogen-bond donors (Lipinski definition) is 1. The molecule has 1 atom stereocenters. The Bertz CT molecular complexity index is 618. The van der Waals surface area contributed by atoms with Crippen LogP contribution in [-0.2, 0) is 22.3 Å². The molecule has 2 aromatic carbocycles. The molecule has 0 heterocycles. The van der Waals surface area contributed by atoms with Gasteiger partial charge in [-0.3, -0.25) is 4.21 Å². The minimum absolute atomic E-state index is 0.0762. The van der Waals surface area contributed by atoms with Gasteiger partial charge in [-0.25, -0.2) is 4.39 Å². The molecule has 0 bridgehead atoms. The molecule has 0 spiro atoms. The van der Waals surface area contributed by atoms with Gasteiger partial charge in [-0.05, 0) is 17.7 Å². The number of nitrogens with two attached hydrogens (primary N) is 1. The molecule has 19 heavy (non-hydrogen) atoms. The van der Waals surface area contributed by atoms with Crippen LogP contribution in [0.1, 0.15) is 11.1 Å². The third-order valence-electron chi connectivity index (χ3n) is 2.70. The highest BCUT2D eigenvalue weighted by Gasteiger charge is 2.11. The molecule has 2 rings (SSSR count). The van der Waals surface area contributed by atoms with Crippen LogP contribution in [0.15, 0.2) is 42.5 Å². The number of benzene rings is 2. The first kappa shape index (κ1) is 14.0. The summed E-state index contributed by atoms with van der Waals surface area (Å²) in [4.78, 5) is 0. The smallest absolute Gasteiger partial charge is 0.150 e. The molecule has 2 N–H and O–H groups in total. The van der Waals surface area contributed by atoms with Gasteiger partial charge in [-0.15, -0.1) is 0 Å². The van der Waals surface area contributed by atoms with Gasteiger partial charge in [-0.1, -0.05) is 41.9 Å². The van der Waals surface area contributed by atoms with Crippen LogP contribution in [0.3, 0.4) is 0 Å². The molecule has 0 aliphatic heterocycles. The predicted octanol–water partition coefficient (Wildman–Crippen LogP) is 3.51. The van der Waals surface area contributed by atoms with Crippen molar-refractivity contribution in [3.05, 3.63) is 64.4 Å². The average molecular weight is 298 g/mol. The van der Waals surface area contributed by atoms with Crippen molar-refractivity contribution in [1.29, 1.82) is 0 Å². The van der Waals surface area contributed by atoms with Crippen LogP contribution < -0.4 is 5.73 Å². The first-order chi connectivity index (χ1) is 9.08. The second kappa shape index (κ2) is 6.17. The third-order valence-corrected chi connectivity index (χ3v) is 4.33. The molecule has 2 nitrogen and oxygen atoms in total. The molecule has 0 aliphatic carbocycles. The summed E-state index contributed by atoms with van der Waals surface area (Å²) in [6.45, 7) is 0. The normalized spacial score (nSPS) is 12.3. The van der Waals surface area contributed by atoms with Crippen molar-refractivity contribution in [2.24, 2.45) is 0 Å². The van der Waals surface area contributed by atoms with Gasteiger partial charge in [0.2, 0.25) is 0 Å². The monoisotopic (exact) mass is 297 g/mol. The van der Waals surface area contributed by atoms with E-state index < -0.39 is 16.6 Å². The van der Waals surface area contributed by atoms with Gasteiger partial charge in [0.1, 0.15) is 5.82 Å². The molecule has 0 fully saturated rings. The minimum Gasteiger partial charge on any atom is -0.396 e. The molecule has 0 amide bonds. The Morgan fingerprint density at radius 2 is 1.68 bits per heavy atom. The fourth-order valence-electron chi connectivity index (χ4n) is 1.72. The Hall–Kier alpha value is -1.39. The molecule has 0 aliphatic rings. The van der Waals surface area contributed by atoms with Gasteiger partial charge in [0, 0.05) is 21.4 Å². The van der Waals surface area contributed by atoms with Crippen LogP contribution in [0.2, 0.25) is 5.02 Å². The number of rotatable bonds is 4. The number of nitrogen functional groups attached to an aromatic ring is 1. The lowest BCUT2D eigenvalue weighted by atomic mass is 10.2. The summed E-state index contributed by atoms with van der Waals surface area (Å²) in [5, 5.41) is 0.573. The Balaban J connectivity index is 2.10. The van der Waals surface area contributed by atoms with E-state index in [-0.39, 0.29) is 11.4 Å². The fourth-order valence-corrected chi connectivity index (χ4v) is 3.28. The van der Waals surface area contributed by atoms with E-state index in [2.05, 4.69) is 0 Å². The number of hydrogen-bond acceptors (Lipinski definition) is 2. The lowest BCUT2D eigenvalue weighted by Gasteiger charge is -2.07. The third kappa shape index (κ3) is 3.55. The molecule has 1 unspecified atom stereocenters. The van der Waals surface area contributed by atoms with Crippen molar-refractivity contribution >= 4 is 28.1 Å². The molecule has 0 saturated carbocycles. The van der Waals surface area contributed by atoms with Crippen molar-refractivity contribution in [3.63, 3.8) is 0 Å². The zero-order valence-corrected chi connectivity index (χ0v) is 11.7. The Labute approximate surface area is 118 Å². The minimum atomic E-state index is -1.23. The Kier molecular flexibility index (Phi) is 4.56. The van der Waals surface area contributed by atoms with Crippen LogP contribution in [0, 0.1) is 5.82 Å². The van der Waals surface area contributed by atoms with Gasteiger partial charge in [0.25, 0.3) is 0 Å². The molecule has 0 saturated heterocycles. The summed E-state index contributed by atoms with van der Waals surface area (Å²) in [7, 11) is -1.23. The van der Waals surface area contributed by atoms with E-state index in [0.717, 1.165) is 5.56 Å². The zero-order chi connectivity index (χ0) is 13.8. The van der Waals surface area contributed by atoms with Crippen molar-refractivity contribution in [2.45, 2.75) is 11.5 Å². The quantitative estimate of drug-likeness (QED) is 0.878. The fraction of sp³-hybridized carbons (Fsp3) is 0.143. The van der Waals surface area contributed by atoms with E-state index in [4.69, 9.17) is 17.3 Å². The summed E-state index contributed by atoms with van der Waals surface area (Å²) in [6, 6.07) is 11.9. The van der Waals surface area contributed by atoms with Crippen LogP contribution in [0.5, 0.6) is 0 Å². The predicted molar refractivity (Wildman–Crippen MR) is 77.8 cm³/mol. The van der Waals surface area contributed by atoms with Gasteiger partial charge in [-0.2, -0.15) is 0 Å². The van der Waals surface area contributed by atoms with Gasteiger partial charge >= 0.3 is 0 Å². The topological polar surface area (TPSA) is 43.1 Å². The molecular formula is C14H13ClFNOS. The highest BCUT2D eigenvalue weighted by atomic mass is 35.5. The van der Waals surface area contributed by atoms with Crippen LogP contribution >= 0.6 is 11.6 Å². The molecule has 0 radical (unpaired) electrons. The second-order valence-corrected chi connectivity index (χ2v) is 6.00. The van der Waals surface area contributed by atoms with Gasteiger partial charge in [0.05, 0.1) is 17.2 Å². The van der Waals surface area contributed by atoms with E-state index in [9.17, 15) is 8.60 Å². The highest BCUT2D eigenvalue weighted by Crippen LogP contribution is 2.20. The SMILES string of the molecule is Nc1cccc(CS(=O)Cc2ccccc2Cl)c1F. The second-order valence-electron chi connectivity index (χ2n) is 4.14. The highest BCUT2D eigenvalue weighted by molar-refractivity contribution is 7.83. The van der Waals surface area contributed by atoms with E-state index in [1.165, 1.54) is 6.07 Å². The van der Waals surface area contributed by atoms with Gasteiger partial charge < -0.3 is 5.73 Å². The molecule has 2 aromatic rings. The van der Waals surface area contributed by atoms with E-state index in [1.54, 1.807) is 18.2 Å². The maximum Gasteiger partial charge on any atom is 0.150 e. The van der Waals surface area contributed by atoms with Crippen LogP contribution in [0.4, 0.5) is 10.1 Å². The number of anilines is 1. The Morgan fingerprint density at radius 1 is 1.05 bits per heavy atom. The lowest BCUT2D eigenvalue weighted by Crippen LogP contribution is -2.03. The van der Waals surface area contributed by atoms with Crippen molar-refractivity contribution < 1.29 is 8.60 Å². The van der Waals surface area contributed by atoms with Crippen LogP contribution in [0.25, 0.3) is 0 Å². The van der Waals surface area contributed by atoms with E-state index >= 15 is 0 Å². The zero-order valence-electron chi connectivity index (χ0n) is 10.1. The maximum absolute atomic E-state index is 13.7. The summed E-state index contributed by atoms with van der Waals surface area (Å²) in [6.07, 6.45) is 0. The largest absolute Gasteiger partial charge is 0.396 e. The summed E-state index contributed by atoms with van der Waals surface area (Å²) >= 11 is 6.00. The van der Waals surface area contributed by atoms with E-state index in [1.807, 2.05) is 18.2 Å². The van der Waals surface area contributed by atoms with Crippen molar-refractivity contribution in [3.8, 4) is 0 Å². The molecular weight excluding hydrogens is 285 g/mol. The maximum atomic E-state index is 13.7. The molecule has 5 heteroatoms. The summed E-state index contributed by atoms with van der Waals surface area (Å²) < 4.78 is 25.7. The first-order valence-corrected chi connectivity index (χ1v) is 7.56. The van der Waals surface area contributed by atoms with E-state index in [0.29, 0.717) is 16.3 Å². The first-order valence-electron chi connectivity index (χ1n) is 5.69. The average Bonchev–Trinajstić information content (AvgIpc) is 2.38. The standard InChI is InChI=1S/C14H13ClFNOS/c15-12-6-2-1-4-10(12)8-19(18)9-11-5-3-7-13(17)14(11)16/h1-7H,8-9,17H2. The summed E-state index contributed by atoms with van der Waals surface area (Å²) in [5.74, 6) is -0.0641. The number of halogens is 2. The lowest BCUT2D eigenvalue weighted by molar-refractivity contribution is 0.620. The van der Waals surface area contributed by atoms with Crippen molar-refractivity contribution in [1.82, 2.24) is 0 Å². The van der Waals surface area contributed by atoms with Gasteiger partial charge in [0.15, 0.2) is 0 Å². The molecule has 100 valence electrons. The van der Waals surface area contributed by atoms with Crippen molar-refractivity contribution in [2.75, 3.05) is 5.73 Å². The summed E-state index contributed by atoms with van der Waals surface area (Å²) in [5.41, 5.74) is 6.72.